The predicted octanol–water partition coefficient (Wildman–Crippen LogP) is 6.07. The zero-order chi connectivity index (χ0) is 22.2. The molecule has 1 aromatic carbocycles. The lowest BCUT2D eigenvalue weighted by Gasteiger charge is -2.41. The predicted molar refractivity (Wildman–Crippen MR) is 127 cm³/mol. The monoisotopic (exact) mass is 422 g/mol. The number of benzene rings is 1. The maximum absolute atomic E-state index is 10.7. The second kappa shape index (κ2) is 11.1. The van der Waals surface area contributed by atoms with E-state index in [-0.39, 0.29) is 11.0 Å². The van der Waals surface area contributed by atoms with Crippen LogP contribution in [0.4, 0.5) is 0 Å². The molecule has 0 aromatic heterocycles. The van der Waals surface area contributed by atoms with Crippen LogP contribution in [0.1, 0.15) is 76.0 Å². The van der Waals surface area contributed by atoms with E-state index in [2.05, 4.69) is 37.0 Å². The highest BCUT2D eigenvalue weighted by atomic mass is 16.5. The maximum Gasteiger partial charge on any atom is 0.140 e. The third kappa shape index (κ3) is 6.56. The van der Waals surface area contributed by atoms with Gasteiger partial charge in [0.1, 0.15) is 6.10 Å². The minimum Gasteiger partial charge on any atom is -0.376 e. The van der Waals surface area contributed by atoms with Gasteiger partial charge in [-0.25, -0.2) is 0 Å². The van der Waals surface area contributed by atoms with E-state index in [0.29, 0.717) is 13.2 Å². The summed E-state index contributed by atoms with van der Waals surface area (Å²) in [6.45, 7) is 8.30. The molecule has 1 unspecified atom stereocenters. The molecule has 2 aliphatic rings. The van der Waals surface area contributed by atoms with Gasteiger partial charge >= 0.3 is 0 Å². The summed E-state index contributed by atoms with van der Waals surface area (Å²) in [5.41, 5.74) is 3.07. The molecule has 1 saturated carbocycles. The Bertz CT molecular complexity index is 806. The Morgan fingerprint density at radius 1 is 1.19 bits per heavy atom. The molecule has 3 heteroatoms. The molecule has 0 radical (unpaired) electrons. The second-order valence-corrected chi connectivity index (χ2v) is 9.18. The van der Waals surface area contributed by atoms with Crippen molar-refractivity contribution in [2.75, 3.05) is 19.8 Å². The zero-order valence-electron chi connectivity index (χ0n) is 19.5. The summed E-state index contributed by atoms with van der Waals surface area (Å²) in [7, 11) is 0. The lowest BCUT2D eigenvalue weighted by Crippen LogP contribution is -2.40. The van der Waals surface area contributed by atoms with Gasteiger partial charge in [-0.3, -0.25) is 0 Å². The molecule has 0 bridgehead atoms. The average molecular weight is 423 g/mol. The van der Waals surface area contributed by atoms with Crippen molar-refractivity contribution in [2.45, 2.75) is 77.4 Å². The molecule has 3 rings (SSSR count). The first-order valence-corrected chi connectivity index (χ1v) is 11.8. The zero-order valence-corrected chi connectivity index (χ0v) is 19.5. The van der Waals surface area contributed by atoms with Crippen molar-refractivity contribution in [3.8, 4) is 11.8 Å². The van der Waals surface area contributed by atoms with E-state index in [1.165, 1.54) is 11.1 Å². The molecule has 2 fully saturated rings. The van der Waals surface area contributed by atoms with E-state index in [4.69, 9.17) is 9.47 Å². The number of ether oxygens (including phenoxy) is 2. The van der Waals surface area contributed by atoms with Crippen LogP contribution in [0.3, 0.4) is 0 Å². The fourth-order valence-corrected chi connectivity index (χ4v) is 4.71. The summed E-state index contributed by atoms with van der Waals surface area (Å²) in [5.74, 6) is 6.63. The van der Waals surface area contributed by atoms with Crippen LogP contribution in [-0.2, 0) is 9.47 Å². The lowest BCUT2D eigenvalue weighted by atomic mass is 9.68. The summed E-state index contributed by atoms with van der Waals surface area (Å²) in [6.07, 6.45) is 12.9. The molecule has 1 aliphatic heterocycles. The first-order chi connectivity index (χ1) is 15.0. The second-order valence-electron chi connectivity index (χ2n) is 9.18. The number of aliphatic hydroxyl groups is 1. The number of hydrogen-bond acceptors (Lipinski definition) is 3. The molecule has 1 saturated heterocycles. The van der Waals surface area contributed by atoms with Crippen molar-refractivity contribution in [2.24, 2.45) is 5.41 Å². The van der Waals surface area contributed by atoms with Gasteiger partial charge in [0.2, 0.25) is 0 Å². The summed E-state index contributed by atoms with van der Waals surface area (Å²) < 4.78 is 12.3. The summed E-state index contributed by atoms with van der Waals surface area (Å²) in [5, 5.41) is 10.7. The molecule has 31 heavy (non-hydrogen) atoms. The van der Waals surface area contributed by atoms with Crippen LogP contribution in [0, 0.1) is 24.2 Å². The minimum atomic E-state index is -0.769. The number of allylic oxidation sites excluding steroid dienone is 2. The SMILES string of the molecule is C/C=C\C(=C/CC)COCC1(C#CC(O)c2ccc(C)cc2)CCC2(CCCO2)CC1. The van der Waals surface area contributed by atoms with Crippen LogP contribution in [0.15, 0.2) is 48.1 Å². The number of aliphatic hydroxyl groups excluding tert-OH is 1. The van der Waals surface area contributed by atoms with Crippen molar-refractivity contribution in [3.63, 3.8) is 0 Å². The van der Waals surface area contributed by atoms with Crippen molar-refractivity contribution in [1.29, 1.82) is 0 Å². The third-order valence-corrected chi connectivity index (χ3v) is 6.66. The van der Waals surface area contributed by atoms with Crippen molar-refractivity contribution < 1.29 is 14.6 Å². The first-order valence-electron chi connectivity index (χ1n) is 11.8. The van der Waals surface area contributed by atoms with Crippen LogP contribution in [-0.4, -0.2) is 30.5 Å². The van der Waals surface area contributed by atoms with E-state index < -0.39 is 6.10 Å². The van der Waals surface area contributed by atoms with E-state index in [0.717, 1.165) is 57.1 Å². The van der Waals surface area contributed by atoms with Gasteiger partial charge in [0.15, 0.2) is 0 Å². The fourth-order valence-electron chi connectivity index (χ4n) is 4.71. The first kappa shape index (κ1) is 23.8. The maximum atomic E-state index is 10.7. The van der Waals surface area contributed by atoms with Gasteiger partial charge in [0.05, 0.1) is 24.2 Å². The summed E-state index contributed by atoms with van der Waals surface area (Å²) in [4.78, 5) is 0. The molecule has 0 amide bonds. The Morgan fingerprint density at radius 3 is 2.55 bits per heavy atom. The molecular weight excluding hydrogens is 384 g/mol. The van der Waals surface area contributed by atoms with Crippen molar-refractivity contribution in [1.82, 2.24) is 0 Å². The largest absolute Gasteiger partial charge is 0.376 e. The Labute approximate surface area is 188 Å². The molecule has 1 spiro atoms. The Kier molecular flexibility index (Phi) is 8.55. The van der Waals surface area contributed by atoms with E-state index in [1.807, 2.05) is 38.1 Å². The molecular formula is C28H38O3. The highest BCUT2D eigenvalue weighted by Crippen LogP contribution is 2.47. The van der Waals surface area contributed by atoms with Crippen LogP contribution in [0.5, 0.6) is 0 Å². The topological polar surface area (TPSA) is 38.7 Å². The molecule has 1 heterocycles. The standard InChI is InChI=1S/C28H38O3/c1-4-7-24(8-5-2)21-30-22-27(16-18-28(19-17-27)14-6-20-31-28)15-13-26(29)25-11-9-23(3)10-12-25/h4,7-12,26,29H,5-6,14,16-22H2,1-3H3/b7-4-,24-8+. The third-order valence-electron chi connectivity index (χ3n) is 6.66. The Morgan fingerprint density at radius 2 is 1.94 bits per heavy atom. The fraction of sp³-hybridized carbons (Fsp3) is 0.571. The summed E-state index contributed by atoms with van der Waals surface area (Å²) in [6, 6.07) is 7.95. The van der Waals surface area contributed by atoms with Crippen LogP contribution < -0.4 is 0 Å². The van der Waals surface area contributed by atoms with E-state index in [1.54, 1.807) is 0 Å². The molecule has 1 atom stereocenters. The van der Waals surface area contributed by atoms with Gasteiger partial charge in [-0.1, -0.05) is 66.8 Å². The van der Waals surface area contributed by atoms with Gasteiger partial charge in [-0.15, -0.1) is 0 Å². The van der Waals surface area contributed by atoms with E-state index in [9.17, 15) is 5.11 Å². The van der Waals surface area contributed by atoms with E-state index >= 15 is 0 Å². The molecule has 3 nitrogen and oxygen atoms in total. The van der Waals surface area contributed by atoms with Gasteiger partial charge in [0, 0.05) is 6.61 Å². The normalized spacial score (nSPS) is 27.4. The summed E-state index contributed by atoms with van der Waals surface area (Å²) >= 11 is 0. The van der Waals surface area contributed by atoms with Crippen LogP contribution in [0.25, 0.3) is 0 Å². The van der Waals surface area contributed by atoms with Crippen molar-refractivity contribution in [3.05, 3.63) is 59.2 Å². The van der Waals surface area contributed by atoms with Gasteiger partial charge in [-0.05, 0) is 69.9 Å². The van der Waals surface area contributed by atoms with Gasteiger partial charge in [0.25, 0.3) is 0 Å². The number of hydrogen-bond donors (Lipinski definition) is 1. The number of rotatable bonds is 7. The number of aryl methyl sites for hydroxylation is 1. The average Bonchev–Trinajstić information content (AvgIpc) is 3.23. The molecule has 168 valence electrons. The highest BCUT2D eigenvalue weighted by Gasteiger charge is 2.44. The van der Waals surface area contributed by atoms with Crippen LogP contribution in [0.2, 0.25) is 0 Å². The quantitative estimate of drug-likeness (QED) is 0.428. The Balaban J connectivity index is 1.72. The molecule has 1 aromatic rings. The Hall–Kier alpha value is -1.86. The van der Waals surface area contributed by atoms with Gasteiger partial charge in [-0.2, -0.15) is 0 Å². The molecule has 1 N–H and O–H groups in total. The van der Waals surface area contributed by atoms with Gasteiger partial charge < -0.3 is 14.6 Å². The molecule has 1 aliphatic carbocycles. The smallest absolute Gasteiger partial charge is 0.140 e. The lowest BCUT2D eigenvalue weighted by molar-refractivity contribution is -0.0573. The van der Waals surface area contributed by atoms with Crippen LogP contribution >= 0.6 is 0 Å². The minimum absolute atomic E-state index is 0.0545. The van der Waals surface area contributed by atoms with Crippen molar-refractivity contribution >= 4 is 0 Å². The highest BCUT2D eigenvalue weighted by molar-refractivity contribution is 5.29.